The molecule has 0 atom stereocenters. The zero-order valence-electron chi connectivity index (χ0n) is 9.75. The summed E-state index contributed by atoms with van der Waals surface area (Å²) >= 11 is 0. The Morgan fingerprint density at radius 2 is 2.12 bits per heavy atom. The number of ketones is 1. The Hall–Kier alpha value is -1.75. The molecule has 2 nitrogen and oxygen atoms in total. The van der Waals surface area contributed by atoms with Gasteiger partial charge in [-0.3, -0.25) is 4.79 Å². The van der Waals surface area contributed by atoms with Crippen molar-refractivity contribution in [1.29, 1.82) is 0 Å². The first kappa shape index (κ1) is 12.3. The Balaban J connectivity index is 2.57. The second-order valence-electron chi connectivity index (χ2n) is 3.45. The molecule has 0 heterocycles. The minimum absolute atomic E-state index is 0.201. The van der Waals surface area contributed by atoms with Crippen LogP contribution in [-0.2, 0) is 11.2 Å². The van der Waals surface area contributed by atoms with Gasteiger partial charge in [-0.1, -0.05) is 18.2 Å². The Labute approximate surface area is 96.6 Å². The fourth-order valence-corrected chi connectivity index (χ4v) is 1.48. The minimum Gasteiger partial charge on any atom is -0.496 e. The van der Waals surface area contributed by atoms with E-state index in [9.17, 15) is 4.79 Å². The van der Waals surface area contributed by atoms with E-state index in [1.165, 1.54) is 0 Å². The predicted octanol–water partition coefficient (Wildman–Crippen LogP) is 2.61. The number of hydrogen-bond acceptors (Lipinski definition) is 2. The summed E-state index contributed by atoms with van der Waals surface area (Å²) in [7, 11) is 1.62. The highest BCUT2D eigenvalue weighted by Gasteiger charge is 2.07. The van der Waals surface area contributed by atoms with E-state index in [1.54, 1.807) is 14.0 Å². The third-order valence-corrected chi connectivity index (χ3v) is 2.29. The van der Waals surface area contributed by atoms with Crippen LogP contribution >= 0.6 is 0 Å². The molecule has 1 rings (SSSR count). The van der Waals surface area contributed by atoms with Crippen LogP contribution in [0.15, 0.2) is 24.3 Å². The van der Waals surface area contributed by atoms with Gasteiger partial charge in [-0.2, -0.15) is 0 Å². The average Bonchev–Trinajstić information content (AvgIpc) is 2.30. The van der Waals surface area contributed by atoms with Crippen molar-refractivity contribution in [2.45, 2.75) is 26.2 Å². The van der Waals surface area contributed by atoms with Crippen molar-refractivity contribution in [1.82, 2.24) is 0 Å². The molecule has 0 radical (unpaired) electrons. The van der Waals surface area contributed by atoms with Crippen LogP contribution in [0.1, 0.15) is 25.3 Å². The number of hydrogen-bond donors (Lipinski definition) is 0. The number of para-hydroxylation sites is 1. The van der Waals surface area contributed by atoms with Gasteiger partial charge in [0.1, 0.15) is 11.5 Å². The molecule has 2 heteroatoms. The number of benzene rings is 1. The smallest absolute Gasteiger partial charge is 0.138 e. The first-order chi connectivity index (χ1) is 7.77. The highest BCUT2D eigenvalue weighted by atomic mass is 16.5. The van der Waals surface area contributed by atoms with E-state index in [-0.39, 0.29) is 5.78 Å². The number of Topliss-reactive ketones (excluding diaryl/α,β-unsaturated/α-hetero) is 1. The van der Waals surface area contributed by atoms with Crippen LogP contribution in [0.3, 0.4) is 0 Å². The van der Waals surface area contributed by atoms with Gasteiger partial charge < -0.3 is 4.74 Å². The molecule has 16 heavy (non-hydrogen) atoms. The van der Waals surface area contributed by atoms with Gasteiger partial charge in [0.25, 0.3) is 0 Å². The molecule has 0 aliphatic heterocycles. The van der Waals surface area contributed by atoms with Gasteiger partial charge in [0.15, 0.2) is 0 Å². The summed E-state index contributed by atoms with van der Waals surface area (Å²) < 4.78 is 5.19. The lowest BCUT2D eigenvalue weighted by Crippen LogP contribution is -2.03. The maximum atomic E-state index is 11.6. The summed E-state index contributed by atoms with van der Waals surface area (Å²) in [6.07, 6.45) is 1.58. The highest BCUT2D eigenvalue weighted by Crippen LogP contribution is 2.18. The summed E-state index contributed by atoms with van der Waals surface area (Å²) in [4.78, 5) is 11.6. The molecule has 0 N–H and O–H groups in total. The number of rotatable bonds is 5. The van der Waals surface area contributed by atoms with Crippen LogP contribution in [-0.4, -0.2) is 12.9 Å². The average molecular weight is 216 g/mol. The Morgan fingerprint density at radius 3 is 2.81 bits per heavy atom. The molecular weight excluding hydrogens is 200 g/mol. The minimum atomic E-state index is 0.201. The zero-order chi connectivity index (χ0) is 11.8. The van der Waals surface area contributed by atoms with Crippen molar-refractivity contribution >= 4 is 5.78 Å². The van der Waals surface area contributed by atoms with Gasteiger partial charge in [-0.25, -0.2) is 0 Å². The summed E-state index contributed by atoms with van der Waals surface area (Å²) in [6, 6.07) is 7.60. The first-order valence-electron chi connectivity index (χ1n) is 5.31. The highest BCUT2D eigenvalue weighted by molar-refractivity contribution is 5.81. The van der Waals surface area contributed by atoms with Crippen LogP contribution < -0.4 is 4.74 Å². The fraction of sp³-hybridized carbons (Fsp3) is 0.357. The SMILES string of the molecule is CC#CCCC(=O)Cc1ccccc1OC. The topological polar surface area (TPSA) is 26.3 Å². The van der Waals surface area contributed by atoms with Gasteiger partial charge in [0, 0.05) is 24.8 Å². The van der Waals surface area contributed by atoms with E-state index in [1.807, 2.05) is 24.3 Å². The van der Waals surface area contributed by atoms with Crippen molar-refractivity contribution in [3.8, 4) is 17.6 Å². The summed E-state index contributed by atoms with van der Waals surface area (Å²) in [6.45, 7) is 1.78. The molecule has 84 valence electrons. The standard InChI is InChI=1S/C14H16O2/c1-3-4-5-9-13(15)11-12-8-6-7-10-14(12)16-2/h6-8,10H,5,9,11H2,1-2H3. The van der Waals surface area contributed by atoms with Crippen LogP contribution in [0.2, 0.25) is 0 Å². The van der Waals surface area contributed by atoms with E-state index in [0.29, 0.717) is 19.3 Å². The lowest BCUT2D eigenvalue weighted by Gasteiger charge is -2.06. The van der Waals surface area contributed by atoms with Gasteiger partial charge in [-0.15, -0.1) is 11.8 Å². The maximum absolute atomic E-state index is 11.6. The van der Waals surface area contributed by atoms with Crippen LogP contribution in [0.5, 0.6) is 5.75 Å². The van der Waals surface area contributed by atoms with E-state index in [2.05, 4.69) is 11.8 Å². The lowest BCUT2D eigenvalue weighted by atomic mass is 10.0. The van der Waals surface area contributed by atoms with Gasteiger partial charge in [-0.05, 0) is 13.0 Å². The molecule has 0 bridgehead atoms. The maximum Gasteiger partial charge on any atom is 0.138 e. The van der Waals surface area contributed by atoms with Crippen LogP contribution in [0.25, 0.3) is 0 Å². The van der Waals surface area contributed by atoms with E-state index in [4.69, 9.17) is 4.74 Å². The van der Waals surface area contributed by atoms with Gasteiger partial charge >= 0.3 is 0 Å². The van der Waals surface area contributed by atoms with Crippen molar-refractivity contribution in [2.75, 3.05) is 7.11 Å². The Bertz CT molecular complexity index is 410. The molecule has 0 saturated heterocycles. The van der Waals surface area contributed by atoms with E-state index >= 15 is 0 Å². The molecular formula is C14H16O2. The molecule has 0 fully saturated rings. The molecule has 0 aliphatic rings. The van der Waals surface area contributed by atoms with Crippen molar-refractivity contribution < 1.29 is 9.53 Å². The Morgan fingerprint density at radius 1 is 1.38 bits per heavy atom. The molecule has 1 aromatic carbocycles. The zero-order valence-corrected chi connectivity index (χ0v) is 9.75. The largest absolute Gasteiger partial charge is 0.496 e. The molecule has 0 aromatic heterocycles. The number of methoxy groups -OCH3 is 1. The van der Waals surface area contributed by atoms with Gasteiger partial charge in [0.2, 0.25) is 0 Å². The molecule has 0 amide bonds. The first-order valence-corrected chi connectivity index (χ1v) is 5.31. The predicted molar refractivity (Wildman–Crippen MR) is 64.4 cm³/mol. The van der Waals surface area contributed by atoms with Crippen LogP contribution in [0, 0.1) is 11.8 Å². The lowest BCUT2D eigenvalue weighted by molar-refractivity contribution is -0.118. The molecule has 0 spiro atoms. The molecule has 0 unspecified atom stereocenters. The second kappa shape index (κ2) is 6.68. The third kappa shape index (κ3) is 3.78. The van der Waals surface area contributed by atoms with Crippen molar-refractivity contribution in [3.63, 3.8) is 0 Å². The summed E-state index contributed by atoms with van der Waals surface area (Å²) in [5, 5.41) is 0. The fourth-order valence-electron chi connectivity index (χ4n) is 1.48. The summed E-state index contributed by atoms with van der Waals surface area (Å²) in [5.41, 5.74) is 0.944. The monoisotopic (exact) mass is 216 g/mol. The summed E-state index contributed by atoms with van der Waals surface area (Å²) in [5.74, 6) is 6.65. The number of ether oxygens (including phenoxy) is 1. The van der Waals surface area contributed by atoms with Gasteiger partial charge in [0.05, 0.1) is 7.11 Å². The number of carbonyl (C=O) groups is 1. The van der Waals surface area contributed by atoms with Crippen LogP contribution in [0.4, 0.5) is 0 Å². The van der Waals surface area contributed by atoms with Crippen molar-refractivity contribution in [2.24, 2.45) is 0 Å². The molecule has 0 aliphatic carbocycles. The molecule has 0 saturated carbocycles. The quantitative estimate of drug-likeness (QED) is 0.707. The van der Waals surface area contributed by atoms with E-state index in [0.717, 1.165) is 11.3 Å². The van der Waals surface area contributed by atoms with Crippen molar-refractivity contribution in [3.05, 3.63) is 29.8 Å². The normalized spacial score (nSPS) is 9.12. The second-order valence-corrected chi connectivity index (χ2v) is 3.45. The molecule has 1 aromatic rings. The third-order valence-electron chi connectivity index (χ3n) is 2.29. The number of carbonyl (C=O) groups excluding carboxylic acids is 1. The van der Waals surface area contributed by atoms with E-state index < -0.39 is 0 Å². The Kier molecular flexibility index (Phi) is 5.15.